The number of alkyl halides is 3. The fourth-order valence-corrected chi connectivity index (χ4v) is 5.25. The molecule has 1 amide bonds. The molecule has 1 aliphatic carbocycles. The number of nitrogens with two attached hydrogens (primary N) is 1. The Kier molecular flexibility index (Phi) is 6.14. The number of benzene rings is 2. The van der Waals surface area contributed by atoms with Gasteiger partial charge in [0.25, 0.3) is 11.5 Å². The summed E-state index contributed by atoms with van der Waals surface area (Å²) in [5, 5.41) is 11.2. The molecular weight excluding hydrogens is 549 g/mol. The van der Waals surface area contributed by atoms with Crippen LogP contribution in [0.25, 0.3) is 16.6 Å². The summed E-state index contributed by atoms with van der Waals surface area (Å²) >= 11 is 0. The number of nitrogens with zero attached hydrogens (tertiary/aromatic N) is 5. The molecule has 2 fully saturated rings. The zero-order valence-corrected chi connectivity index (χ0v) is 21.6. The summed E-state index contributed by atoms with van der Waals surface area (Å²) in [5.41, 5.74) is 3.25. The molecule has 14 heteroatoms. The number of nitrogens with one attached hydrogen (secondary N) is 1. The van der Waals surface area contributed by atoms with E-state index in [0.29, 0.717) is 34.4 Å². The Hall–Kier alpha value is -4.33. The van der Waals surface area contributed by atoms with Gasteiger partial charge in [-0.15, -0.1) is 0 Å². The number of halogens is 5. The van der Waals surface area contributed by atoms with E-state index < -0.39 is 40.5 Å². The predicted octanol–water partition coefficient (Wildman–Crippen LogP) is 3.95. The zero-order chi connectivity index (χ0) is 29.3. The Bertz CT molecular complexity index is 1710. The van der Waals surface area contributed by atoms with Crippen LogP contribution in [0.15, 0.2) is 53.5 Å². The number of para-hydroxylation sites is 1. The number of aromatic nitrogens is 4. The van der Waals surface area contributed by atoms with Crippen LogP contribution < -0.4 is 21.5 Å². The standard InChI is InChI=1S/C27H24F5N7O2/c1-14-11-37(13-18(14)33)23-15-12-38(26(9-10-26)27(30,31)32)35-19(15)5-6-20(23)34-25(41)21-7-8-22(40)39(36-21)24-16(28)3-2-4-17(24)29/h2-8,12,14,18H,9-11,13,33H2,1H3,(H,34,41)/t14-,18+/m1/s1. The van der Waals surface area contributed by atoms with Gasteiger partial charge in [0.2, 0.25) is 0 Å². The molecule has 1 saturated heterocycles. The zero-order valence-electron chi connectivity index (χ0n) is 21.6. The Morgan fingerprint density at radius 1 is 1.02 bits per heavy atom. The number of hydrogen-bond acceptors (Lipinski definition) is 6. The first-order valence-electron chi connectivity index (χ1n) is 12.9. The van der Waals surface area contributed by atoms with Crippen molar-refractivity contribution in [2.75, 3.05) is 23.3 Å². The quantitative estimate of drug-likeness (QED) is 0.350. The topological polar surface area (TPSA) is 111 Å². The number of hydrogen-bond donors (Lipinski definition) is 2. The molecule has 6 rings (SSSR count). The van der Waals surface area contributed by atoms with Crippen molar-refractivity contribution in [1.82, 2.24) is 19.6 Å². The molecule has 0 radical (unpaired) electrons. The maximum atomic E-state index is 14.4. The van der Waals surface area contributed by atoms with Crippen molar-refractivity contribution in [2.24, 2.45) is 11.7 Å². The van der Waals surface area contributed by atoms with Gasteiger partial charge in [0.05, 0.1) is 16.9 Å². The van der Waals surface area contributed by atoms with E-state index in [1.807, 2.05) is 11.8 Å². The monoisotopic (exact) mass is 573 g/mol. The average molecular weight is 574 g/mol. The minimum absolute atomic E-state index is 0.0645. The summed E-state index contributed by atoms with van der Waals surface area (Å²) in [5.74, 6) is -2.84. The highest BCUT2D eigenvalue weighted by Gasteiger charge is 2.65. The molecule has 41 heavy (non-hydrogen) atoms. The summed E-state index contributed by atoms with van der Waals surface area (Å²) in [6, 6.07) is 7.89. The minimum Gasteiger partial charge on any atom is -0.367 e. The fourth-order valence-electron chi connectivity index (χ4n) is 5.25. The van der Waals surface area contributed by atoms with Gasteiger partial charge in [-0.1, -0.05) is 13.0 Å². The highest BCUT2D eigenvalue weighted by molar-refractivity contribution is 6.08. The lowest BCUT2D eigenvalue weighted by Gasteiger charge is -2.23. The van der Waals surface area contributed by atoms with Crippen LogP contribution in [0.5, 0.6) is 0 Å². The molecule has 214 valence electrons. The van der Waals surface area contributed by atoms with Crippen molar-refractivity contribution in [3.63, 3.8) is 0 Å². The second-order valence-electron chi connectivity index (χ2n) is 10.5. The Labute approximate surface area is 229 Å². The number of carbonyl (C=O) groups excluding carboxylic acids is 1. The molecule has 2 aliphatic rings. The molecule has 3 heterocycles. The van der Waals surface area contributed by atoms with Crippen molar-refractivity contribution in [1.29, 1.82) is 0 Å². The number of carbonyl (C=O) groups is 1. The lowest BCUT2D eigenvalue weighted by Crippen LogP contribution is -2.35. The van der Waals surface area contributed by atoms with Crippen molar-refractivity contribution in [3.8, 4) is 5.69 Å². The fraction of sp³-hybridized carbons (Fsp3) is 0.333. The van der Waals surface area contributed by atoms with Crippen LogP contribution in [0.2, 0.25) is 0 Å². The number of anilines is 2. The van der Waals surface area contributed by atoms with Crippen LogP contribution >= 0.6 is 0 Å². The smallest absolute Gasteiger partial charge is 0.367 e. The molecule has 9 nitrogen and oxygen atoms in total. The van der Waals surface area contributed by atoms with Gasteiger partial charge in [0.1, 0.15) is 11.4 Å². The van der Waals surface area contributed by atoms with Gasteiger partial charge in [-0.2, -0.15) is 28.1 Å². The van der Waals surface area contributed by atoms with Crippen LogP contribution in [-0.2, 0) is 5.54 Å². The van der Waals surface area contributed by atoms with Crippen molar-refractivity contribution in [3.05, 3.63) is 76.3 Å². The van der Waals surface area contributed by atoms with Crippen LogP contribution in [0.3, 0.4) is 0 Å². The van der Waals surface area contributed by atoms with E-state index in [2.05, 4.69) is 15.5 Å². The molecule has 1 saturated carbocycles. The SMILES string of the molecule is C[C@@H]1CN(c2c(NC(=O)c3ccc(=O)n(-c4c(F)cccc4F)n3)ccc3nn(C4(C(F)(F)F)CC4)cc23)C[C@@H]1N. The molecule has 1 aliphatic heterocycles. The minimum atomic E-state index is -4.48. The predicted molar refractivity (Wildman–Crippen MR) is 140 cm³/mol. The first-order chi connectivity index (χ1) is 19.4. The van der Waals surface area contributed by atoms with Gasteiger partial charge < -0.3 is 16.0 Å². The van der Waals surface area contributed by atoms with Gasteiger partial charge in [0.15, 0.2) is 17.2 Å². The maximum Gasteiger partial charge on any atom is 0.413 e. The van der Waals surface area contributed by atoms with E-state index in [-0.39, 0.29) is 36.2 Å². The normalized spacial score (nSPS) is 20.0. The second-order valence-corrected chi connectivity index (χ2v) is 10.5. The highest BCUT2D eigenvalue weighted by atomic mass is 19.4. The van der Waals surface area contributed by atoms with Gasteiger partial charge in [-0.3, -0.25) is 14.3 Å². The largest absolute Gasteiger partial charge is 0.413 e. The molecule has 0 spiro atoms. The summed E-state index contributed by atoms with van der Waals surface area (Å²) < 4.78 is 71.7. The molecular formula is C27H24F5N7O2. The molecule has 0 unspecified atom stereocenters. The molecule has 3 N–H and O–H groups in total. The molecule has 0 bridgehead atoms. The van der Waals surface area contributed by atoms with E-state index in [4.69, 9.17) is 5.73 Å². The highest BCUT2D eigenvalue weighted by Crippen LogP contribution is 2.55. The first-order valence-corrected chi connectivity index (χ1v) is 12.9. The van der Waals surface area contributed by atoms with Crippen molar-refractivity contribution in [2.45, 2.75) is 37.5 Å². The van der Waals surface area contributed by atoms with Crippen LogP contribution in [0, 0.1) is 17.6 Å². The van der Waals surface area contributed by atoms with E-state index in [1.54, 1.807) is 0 Å². The second kappa shape index (κ2) is 9.36. The van der Waals surface area contributed by atoms with Gasteiger partial charge in [-0.25, -0.2) is 8.78 Å². The van der Waals surface area contributed by atoms with Gasteiger partial charge >= 0.3 is 6.18 Å². The van der Waals surface area contributed by atoms with E-state index >= 15 is 0 Å². The average Bonchev–Trinajstić information content (AvgIpc) is 3.53. The number of fused-ring (bicyclic) bond motifs is 1. The molecule has 4 aromatic rings. The summed E-state index contributed by atoms with van der Waals surface area (Å²) in [4.78, 5) is 27.6. The van der Waals surface area contributed by atoms with Gasteiger partial charge in [-0.05, 0) is 49.1 Å². The Balaban J connectivity index is 1.42. The Morgan fingerprint density at radius 2 is 1.73 bits per heavy atom. The number of rotatable bonds is 5. The third-order valence-electron chi connectivity index (χ3n) is 7.77. The third kappa shape index (κ3) is 4.42. The van der Waals surface area contributed by atoms with E-state index in [1.165, 1.54) is 18.3 Å². The van der Waals surface area contributed by atoms with Crippen molar-refractivity contribution >= 4 is 28.2 Å². The van der Waals surface area contributed by atoms with E-state index in [9.17, 15) is 31.5 Å². The van der Waals surface area contributed by atoms with Crippen molar-refractivity contribution < 1.29 is 26.7 Å². The lowest BCUT2D eigenvalue weighted by molar-refractivity contribution is -0.182. The molecule has 2 atom stereocenters. The van der Waals surface area contributed by atoms with Crippen LogP contribution in [0.4, 0.5) is 33.3 Å². The lowest BCUT2D eigenvalue weighted by atomic mass is 10.1. The Morgan fingerprint density at radius 3 is 2.34 bits per heavy atom. The van der Waals surface area contributed by atoms with Crippen LogP contribution in [-0.4, -0.2) is 50.8 Å². The first kappa shape index (κ1) is 26.9. The summed E-state index contributed by atoms with van der Waals surface area (Å²) in [7, 11) is 0. The summed E-state index contributed by atoms with van der Waals surface area (Å²) in [6.07, 6.45) is -3.31. The summed E-state index contributed by atoms with van der Waals surface area (Å²) in [6.45, 7) is 2.81. The van der Waals surface area contributed by atoms with Crippen LogP contribution in [0.1, 0.15) is 30.3 Å². The van der Waals surface area contributed by atoms with E-state index in [0.717, 1.165) is 35.0 Å². The molecule has 2 aromatic heterocycles. The maximum absolute atomic E-state index is 14.4. The number of amides is 1. The van der Waals surface area contributed by atoms with Gasteiger partial charge in [0, 0.05) is 36.8 Å². The third-order valence-corrected chi connectivity index (χ3v) is 7.77. The molecule has 2 aromatic carbocycles.